The van der Waals surface area contributed by atoms with Crippen LogP contribution < -0.4 is 0 Å². The number of aromatic nitrogens is 1. The second-order valence-electron chi connectivity index (χ2n) is 4.08. The third-order valence-electron chi connectivity index (χ3n) is 3.05. The monoisotopic (exact) mass is 194 g/mol. The van der Waals surface area contributed by atoms with Crippen LogP contribution in [0.25, 0.3) is 10.9 Å². The lowest BCUT2D eigenvalue weighted by atomic mass is 10.0. The van der Waals surface area contributed by atoms with Gasteiger partial charge < -0.3 is 0 Å². The molecule has 1 aliphatic carbocycles. The van der Waals surface area contributed by atoms with Crippen molar-refractivity contribution in [3.05, 3.63) is 42.1 Å². The zero-order chi connectivity index (χ0) is 10.3. The number of hydrogen-bond acceptors (Lipinski definition) is 2. The highest BCUT2D eigenvalue weighted by molar-refractivity contribution is 5.78. The van der Waals surface area contributed by atoms with Crippen LogP contribution >= 0.6 is 0 Å². The minimum atomic E-state index is -0.274. The predicted molar refractivity (Wildman–Crippen MR) is 58.3 cm³/mol. The summed E-state index contributed by atoms with van der Waals surface area (Å²) < 4.78 is 0. The number of rotatable bonds is 1. The van der Waals surface area contributed by atoms with Gasteiger partial charge in [-0.15, -0.1) is 0 Å². The molecule has 0 saturated heterocycles. The first-order valence-electron chi connectivity index (χ1n) is 5.12. The van der Waals surface area contributed by atoms with Gasteiger partial charge in [-0.2, -0.15) is 5.26 Å². The molecule has 3 rings (SSSR count). The molecule has 0 amide bonds. The van der Waals surface area contributed by atoms with Crippen molar-refractivity contribution >= 4 is 10.9 Å². The molecule has 0 atom stereocenters. The molecule has 2 nitrogen and oxygen atoms in total. The van der Waals surface area contributed by atoms with Gasteiger partial charge in [0.25, 0.3) is 0 Å². The summed E-state index contributed by atoms with van der Waals surface area (Å²) in [6, 6.07) is 14.4. The smallest absolute Gasteiger partial charge is 0.0994 e. The molecule has 1 aliphatic rings. The first-order valence-corrected chi connectivity index (χ1v) is 5.12. The summed E-state index contributed by atoms with van der Waals surface area (Å²) in [7, 11) is 0. The van der Waals surface area contributed by atoms with Gasteiger partial charge in [-0.25, -0.2) is 0 Å². The van der Waals surface area contributed by atoms with Crippen LogP contribution in [0.3, 0.4) is 0 Å². The first-order chi connectivity index (χ1) is 7.34. The standard InChI is InChI=1S/C13H10N2/c14-9-13(7-8-13)12-6-5-10-3-1-2-4-11(10)15-12/h1-6H,7-8H2. The van der Waals surface area contributed by atoms with Crippen LogP contribution in [0, 0.1) is 11.3 Å². The Bertz CT molecular complexity index is 562. The van der Waals surface area contributed by atoms with E-state index in [0.717, 1.165) is 29.4 Å². The van der Waals surface area contributed by atoms with Crippen LogP contribution in [-0.4, -0.2) is 4.98 Å². The second-order valence-corrected chi connectivity index (χ2v) is 4.08. The van der Waals surface area contributed by atoms with Crippen molar-refractivity contribution in [1.29, 1.82) is 5.26 Å². The van der Waals surface area contributed by atoms with E-state index in [1.165, 1.54) is 0 Å². The summed E-state index contributed by atoms with van der Waals surface area (Å²) in [5.74, 6) is 0. The lowest BCUT2D eigenvalue weighted by Gasteiger charge is -2.05. The first kappa shape index (κ1) is 8.43. The predicted octanol–water partition coefficient (Wildman–Crippen LogP) is 2.79. The van der Waals surface area contributed by atoms with Crippen molar-refractivity contribution in [3.63, 3.8) is 0 Å². The fraction of sp³-hybridized carbons (Fsp3) is 0.231. The maximum atomic E-state index is 9.09. The molecule has 1 heterocycles. The highest BCUT2D eigenvalue weighted by Crippen LogP contribution is 2.46. The Morgan fingerprint density at radius 3 is 2.67 bits per heavy atom. The Labute approximate surface area is 88.2 Å². The van der Waals surface area contributed by atoms with Crippen molar-refractivity contribution in [3.8, 4) is 6.07 Å². The number of para-hydroxylation sites is 1. The minimum absolute atomic E-state index is 0.274. The molecular weight excluding hydrogens is 184 g/mol. The van der Waals surface area contributed by atoms with E-state index in [-0.39, 0.29) is 5.41 Å². The molecule has 15 heavy (non-hydrogen) atoms. The molecule has 72 valence electrons. The fourth-order valence-corrected chi connectivity index (χ4v) is 1.88. The minimum Gasteiger partial charge on any atom is -0.251 e. The molecule has 0 bridgehead atoms. The van der Waals surface area contributed by atoms with Gasteiger partial charge in [0.05, 0.1) is 22.7 Å². The molecule has 0 unspecified atom stereocenters. The normalized spacial score (nSPS) is 17.3. The zero-order valence-electron chi connectivity index (χ0n) is 8.27. The molecule has 2 aromatic rings. The van der Waals surface area contributed by atoms with E-state index in [1.807, 2.05) is 30.3 Å². The van der Waals surface area contributed by atoms with Crippen LogP contribution in [0.5, 0.6) is 0 Å². The Morgan fingerprint density at radius 1 is 1.13 bits per heavy atom. The molecule has 1 fully saturated rings. The maximum absolute atomic E-state index is 9.09. The second kappa shape index (κ2) is 2.80. The molecule has 0 spiro atoms. The highest BCUT2D eigenvalue weighted by Gasteiger charge is 2.46. The van der Waals surface area contributed by atoms with E-state index in [9.17, 15) is 0 Å². The van der Waals surface area contributed by atoms with Gasteiger partial charge in [0.2, 0.25) is 0 Å². The van der Waals surface area contributed by atoms with Crippen LogP contribution in [0.1, 0.15) is 18.5 Å². The molecular formula is C13H10N2. The Morgan fingerprint density at radius 2 is 1.93 bits per heavy atom. The Balaban J connectivity index is 2.19. The number of nitrogens with zero attached hydrogens (tertiary/aromatic N) is 2. The molecule has 0 radical (unpaired) electrons. The van der Waals surface area contributed by atoms with E-state index in [2.05, 4.69) is 17.1 Å². The molecule has 2 heteroatoms. The molecule has 1 aromatic heterocycles. The van der Waals surface area contributed by atoms with Crippen LogP contribution in [-0.2, 0) is 5.41 Å². The van der Waals surface area contributed by atoms with Gasteiger partial charge in [-0.05, 0) is 25.0 Å². The van der Waals surface area contributed by atoms with Crippen LogP contribution in [0.15, 0.2) is 36.4 Å². The van der Waals surface area contributed by atoms with Gasteiger partial charge in [-0.1, -0.05) is 24.3 Å². The summed E-state index contributed by atoms with van der Waals surface area (Å²) in [6.45, 7) is 0. The van der Waals surface area contributed by atoms with Crippen LogP contribution in [0.4, 0.5) is 0 Å². The lowest BCUT2D eigenvalue weighted by Crippen LogP contribution is -2.05. The summed E-state index contributed by atoms with van der Waals surface area (Å²) in [6.07, 6.45) is 1.91. The molecule has 0 aliphatic heterocycles. The zero-order valence-corrected chi connectivity index (χ0v) is 8.27. The largest absolute Gasteiger partial charge is 0.251 e. The number of nitriles is 1. The molecule has 1 aromatic carbocycles. The third kappa shape index (κ3) is 1.20. The summed E-state index contributed by atoms with van der Waals surface area (Å²) in [4.78, 5) is 4.56. The van der Waals surface area contributed by atoms with E-state index in [0.29, 0.717) is 0 Å². The average Bonchev–Trinajstić information content (AvgIpc) is 3.09. The molecule has 1 saturated carbocycles. The van der Waals surface area contributed by atoms with E-state index in [1.54, 1.807) is 0 Å². The number of pyridine rings is 1. The average molecular weight is 194 g/mol. The number of fused-ring (bicyclic) bond motifs is 1. The highest BCUT2D eigenvalue weighted by atomic mass is 14.8. The van der Waals surface area contributed by atoms with Gasteiger partial charge >= 0.3 is 0 Å². The number of hydrogen-bond donors (Lipinski definition) is 0. The summed E-state index contributed by atoms with van der Waals surface area (Å²) in [5.41, 5.74) is 1.64. The Kier molecular flexibility index (Phi) is 1.58. The van der Waals surface area contributed by atoms with Crippen molar-refractivity contribution in [1.82, 2.24) is 4.98 Å². The van der Waals surface area contributed by atoms with E-state index < -0.39 is 0 Å². The fourth-order valence-electron chi connectivity index (χ4n) is 1.88. The van der Waals surface area contributed by atoms with Crippen molar-refractivity contribution in [2.24, 2.45) is 0 Å². The van der Waals surface area contributed by atoms with Gasteiger partial charge in [0.1, 0.15) is 0 Å². The van der Waals surface area contributed by atoms with Crippen LogP contribution in [0.2, 0.25) is 0 Å². The number of benzene rings is 1. The summed E-state index contributed by atoms with van der Waals surface area (Å²) in [5, 5.41) is 10.2. The SMILES string of the molecule is N#CC1(c2ccc3ccccc3n2)CC1. The van der Waals surface area contributed by atoms with Gasteiger partial charge in [0.15, 0.2) is 0 Å². The molecule has 0 N–H and O–H groups in total. The van der Waals surface area contributed by atoms with E-state index >= 15 is 0 Å². The van der Waals surface area contributed by atoms with Gasteiger partial charge in [0, 0.05) is 5.39 Å². The topological polar surface area (TPSA) is 36.7 Å². The Hall–Kier alpha value is -1.88. The van der Waals surface area contributed by atoms with E-state index in [4.69, 9.17) is 5.26 Å². The van der Waals surface area contributed by atoms with Crippen molar-refractivity contribution in [2.45, 2.75) is 18.3 Å². The van der Waals surface area contributed by atoms with Crippen molar-refractivity contribution in [2.75, 3.05) is 0 Å². The van der Waals surface area contributed by atoms with Crippen molar-refractivity contribution < 1.29 is 0 Å². The maximum Gasteiger partial charge on any atom is 0.0994 e. The third-order valence-corrected chi connectivity index (χ3v) is 3.05. The quantitative estimate of drug-likeness (QED) is 0.699. The van der Waals surface area contributed by atoms with Gasteiger partial charge in [-0.3, -0.25) is 4.98 Å². The summed E-state index contributed by atoms with van der Waals surface area (Å²) >= 11 is 0. The lowest BCUT2D eigenvalue weighted by molar-refractivity contribution is 0.863.